The lowest BCUT2D eigenvalue weighted by atomic mass is 10.1. The fourth-order valence-electron chi connectivity index (χ4n) is 3.65. The molecule has 0 unspecified atom stereocenters. The van der Waals surface area contributed by atoms with Crippen molar-refractivity contribution < 1.29 is 17.9 Å². The van der Waals surface area contributed by atoms with E-state index in [1.165, 1.54) is 12.7 Å². The van der Waals surface area contributed by atoms with Crippen molar-refractivity contribution in [3.63, 3.8) is 0 Å². The topological polar surface area (TPSA) is 67.9 Å². The van der Waals surface area contributed by atoms with Crippen LogP contribution in [0.25, 0.3) is 0 Å². The highest BCUT2D eigenvalue weighted by Crippen LogP contribution is 2.27. The summed E-state index contributed by atoms with van der Waals surface area (Å²) in [6.45, 7) is 7.68. The van der Waals surface area contributed by atoms with Crippen molar-refractivity contribution in [2.24, 2.45) is 0 Å². The minimum atomic E-state index is -3.60. The van der Waals surface area contributed by atoms with E-state index in [0.717, 1.165) is 50.2 Å². The minimum absolute atomic E-state index is 0.107. The first-order valence-corrected chi connectivity index (χ1v) is 11.9. The third-order valence-electron chi connectivity index (χ3n) is 5.58. The normalized spacial score (nSPS) is 17.8. The maximum atomic E-state index is 12.7. The molecule has 0 saturated carbocycles. The van der Waals surface area contributed by atoms with Crippen molar-refractivity contribution in [1.29, 1.82) is 0 Å². The lowest BCUT2D eigenvalue weighted by Gasteiger charge is -2.33. The van der Waals surface area contributed by atoms with E-state index in [1.807, 2.05) is 32.0 Å². The Morgan fingerprint density at radius 1 is 1.13 bits per heavy atom. The van der Waals surface area contributed by atoms with Gasteiger partial charge in [-0.3, -0.25) is 4.90 Å². The number of methoxy groups -OCH3 is 1. The molecular formula is C23H32N2O4S. The van der Waals surface area contributed by atoms with Gasteiger partial charge in [0.25, 0.3) is 0 Å². The Labute approximate surface area is 180 Å². The van der Waals surface area contributed by atoms with Crippen LogP contribution in [0.4, 0.5) is 0 Å². The van der Waals surface area contributed by atoms with E-state index >= 15 is 0 Å². The molecule has 1 atom stereocenters. The maximum absolute atomic E-state index is 12.7. The Morgan fingerprint density at radius 3 is 2.60 bits per heavy atom. The van der Waals surface area contributed by atoms with Crippen molar-refractivity contribution >= 4 is 10.0 Å². The number of ether oxygens (including phenoxy) is 2. The Morgan fingerprint density at radius 2 is 1.87 bits per heavy atom. The maximum Gasteiger partial charge on any atom is 0.244 e. The summed E-state index contributed by atoms with van der Waals surface area (Å²) in [6, 6.07) is 13.7. The summed E-state index contributed by atoms with van der Waals surface area (Å²) >= 11 is 0. The third-order valence-corrected chi connectivity index (χ3v) is 7.07. The summed E-state index contributed by atoms with van der Waals surface area (Å²) in [4.78, 5) is 2.59. The molecule has 2 aromatic carbocycles. The van der Waals surface area contributed by atoms with Crippen LogP contribution < -0.4 is 9.46 Å². The molecule has 0 bridgehead atoms. The Kier molecular flexibility index (Phi) is 7.88. The summed E-state index contributed by atoms with van der Waals surface area (Å²) in [6.07, 6.45) is 1.81. The van der Waals surface area contributed by atoms with Crippen LogP contribution in [0.2, 0.25) is 0 Å². The van der Waals surface area contributed by atoms with Gasteiger partial charge in [-0.2, -0.15) is 0 Å². The van der Waals surface area contributed by atoms with E-state index < -0.39 is 10.0 Å². The summed E-state index contributed by atoms with van der Waals surface area (Å²) in [5.41, 5.74) is 3.14. The van der Waals surface area contributed by atoms with E-state index in [9.17, 15) is 8.42 Å². The van der Waals surface area contributed by atoms with Crippen LogP contribution in [0, 0.1) is 13.8 Å². The van der Waals surface area contributed by atoms with Crippen LogP contribution in [0.15, 0.2) is 47.4 Å². The van der Waals surface area contributed by atoms with Gasteiger partial charge >= 0.3 is 0 Å². The van der Waals surface area contributed by atoms with E-state index in [1.54, 1.807) is 12.1 Å². The molecular weight excluding hydrogens is 400 g/mol. The van der Waals surface area contributed by atoms with Gasteiger partial charge in [0, 0.05) is 19.6 Å². The van der Waals surface area contributed by atoms with Crippen LogP contribution in [-0.2, 0) is 14.8 Å². The first-order chi connectivity index (χ1) is 14.4. The molecule has 1 saturated heterocycles. The standard InChI is InChI=1S/C23H32N2O4S/c1-18-15-21(28-3)23(16-19(18)2)30(26,27)24-11-7-8-12-25-13-14-29-22(17-25)20-9-5-4-6-10-20/h4-6,9-10,15-16,22,24H,7-8,11-14,17H2,1-3H3/t22-/m0/s1. The molecule has 164 valence electrons. The van der Waals surface area contributed by atoms with Crippen molar-refractivity contribution in [3.8, 4) is 5.75 Å². The van der Waals surface area contributed by atoms with Gasteiger partial charge in [-0.05, 0) is 62.1 Å². The number of morpholine rings is 1. The fraction of sp³-hybridized carbons (Fsp3) is 0.478. The van der Waals surface area contributed by atoms with Gasteiger partial charge in [0.15, 0.2) is 0 Å². The first-order valence-electron chi connectivity index (χ1n) is 10.4. The van der Waals surface area contributed by atoms with Gasteiger partial charge in [0.1, 0.15) is 10.6 Å². The monoisotopic (exact) mass is 432 g/mol. The number of hydrogen-bond acceptors (Lipinski definition) is 5. The van der Waals surface area contributed by atoms with E-state index in [2.05, 4.69) is 21.8 Å². The van der Waals surface area contributed by atoms with Gasteiger partial charge in [-0.1, -0.05) is 30.3 Å². The first kappa shape index (κ1) is 22.7. The number of nitrogens with one attached hydrogen (secondary N) is 1. The molecule has 1 aliphatic rings. The predicted octanol–water partition coefficient (Wildman–Crippen LogP) is 3.44. The predicted molar refractivity (Wildman–Crippen MR) is 118 cm³/mol. The zero-order valence-corrected chi connectivity index (χ0v) is 18.9. The van der Waals surface area contributed by atoms with Crippen LogP contribution in [-0.4, -0.2) is 53.2 Å². The molecule has 1 aliphatic heterocycles. The van der Waals surface area contributed by atoms with E-state index in [4.69, 9.17) is 9.47 Å². The number of sulfonamides is 1. The average molecular weight is 433 g/mol. The van der Waals surface area contributed by atoms with Crippen LogP contribution in [0.5, 0.6) is 5.75 Å². The Balaban J connectivity index is 1.46. The molecule has 30 heavy (non-hydrogen) atoms. The molecule has 3 rings (SSSR count). The van der Waals surface area contributed by atoms with Crippen LogP contribution in [0.1, 0.15) is 35.6 Å². The molecule has 0 aromatic heterocycles. The molecule has 1 fully saturated rings. The van der Waals surface area contributed by atoms with Crippen molar-refractivity contribution in [2.75, 3.05) is 39.9 Å². The quantitative estimate of drug-likeness (QED) is 0.615. The second-order valence-corrected chi connectivity index (χ2v) is 9.50. The SMILES string of the molecule is COc1cc(C)c(C)cc1S(=O)(=O)NCCCCN1CCO[C@H](c2ccccc2)C1. The lowest BCUT2D eigenvalue weighted by Crippen LogP contribution is -2.39. The van der Waals surface area contributed by atoms with Gasteiger partial charge < -0.3 is 9.47 Å². The summed E-state index contributed by atoms with van der Waals surface area (Å²) in [7, 11) is -2.11. The van der Waals surface area contributed by atoms with Gasteiger partial charge in [-0.25, -0.2) is 13.1 Å². The Bertz CT molecular complexity index is 932. The van der Waals surface area contributed by atoms with E-state index in [-0.39, 0.29) is 11.0 Å². The molecule has 0 amide bonds. The molecule has 1 N–H and O–H groups in total. The average Bonchev–Trinajstić information content (AvgIpc) is 2.75. The fourth-order valence-corrected chi connectivity index (χ4v) is 4.96. The van der Waals surface area contributed by atoms with Crippen molar-refractivity contribution in [1.82, 2.24) is 9.62 Å². The molecule has 1 heterocycles. The molecule has 0 radical (unpaired) electrons. The molecule has 2 aromatic rings. The largest absolute Gasteiger partial charge is 0.495 e. The van der Waals surface area contributed by atoms with Crippen LogP contribution >= 0.6 is 0 Å². The molecule has 6 nitrogen and oxygen atoms in total. The highest BCUT2D eigenvalue weighted by Gasteiger charge is 2.22. The Hall–Kier alpha value is -1.93. The number of nitrogens with zero attached hydrogens (tertiary/aromatic N) is 1. The van der Waals surface area contributed by atoms with Gasteiger partial charge in [0.2, 0.25) is 10.0 Å². The molecule has 0 spiro atoms. The number of hydrogen-bond donors (Lipinski definition) is 1. The van der Waals surface area contributed by atoms with Crippen molar-refractivity contribution in [2.45, 2.75) is 37.7 Å². The smallest absolute Gasteiger partial charge is 0.244 e. The zero-order valence-electron chi connectivity index (χ0n) is 18.1. The van der Waals surface area contributed by atoms with Crippen molar-refractivity contribution in [3.05, 3.63) is 59.2 Å². The van der Waals surface area contributed by atoms with Crippen LogP contribution in [0.3, 0.4) is 0 Å². The second kappa shape index (κ2) is 10.4. The number of benzene rings is 2. The number of rotatable bonds is 9. The molecule has 7 heteroatoms. The highest BCUT2D eigenvalue weighted by molar-refractivity contribution is 7.89. The minimum Gasteiger partial charge on any atom is -0.495 e. The van der Waals surface area contributed by atoms with E-state index in [0.29, 0.717) is 12.3 Å². The third kappa shape index (κ3) is 5.82. The van der Waals surface area contributed by atoms with Gasteiger partial charge in [-0.15, -0.1) is 0 Å². The second-order valence-electron chi connectivity index (χ2n) is 7.76. The number of aryl methyl sites for hydroxylation is 2. The molecule has 0 aliphatic carbocycles. The lowest BCUT2D eigenvalue weighted by molar-refractivity contribution is -0.0303. The summed E-state index contributed by atoms with van der Waals surface area (Å²) < 4.78 is 39.4. The van der Waals surface area contributed by atoms with Gasteiger partial charge in [0.05, 0.1) is 19.8 Å². The number of unbranched alkanes of at least 4 members (excludes halogenated alkanes) is 1. The summed E-state index contributed by atoms with van der Waals surface area (Å²) in [5, 5.41) is 0. The zero-order chi connectivity index (χ0) is 21.6. The summed E-state index contributed by atoms with van der Waals surface area (Å²) in [5.74, 6) is 0.380. The highest BCUT2D eigenvalue weighted by atomic mass is 32.2.